The highest BCUT2D eigenvalue weighted by Crippen LogP contribution is 2.33. The number of ether oxygens (including phenoxy) is 1. The zero-order chi connectivity index (χ0) is 21.1. The van der Waals surface area contributed by atoms with Gasteiger partial charge in [-0.2, -0.15) is 0 Å². The molecule has 0 aliphatic carbocycles. The minimum Gasteiger partial charge on any atom is -0.491 e. The molecular formula is C20H20N4O5. The van der Waals surface area contributed by atoms with Crippen molar-refractivity contribution in [3.8, 4) is 5.75 Å². The van der Waals surface area contributed by atoms with E-state index in [-0.39, 0.29) is 29.0 Å². The number of aromatic amines is 1. The highest BCUT2D eigenvalue weighted by Gasteiger charge is 2.19. The quantitative estimate of drug-likeness (QED) is 0.496. The van der Waals surface area contributed by atoms with Gasteiger partial charge in [0, 0.05) is 17.8 Å². The maximum absolute atomic E-state index is 12.2. The van der Waals surface area contributed by atoms with Crippen molar-refractivity contribution in [2.75, 3.05) is 12.3 Å². The predicted octanol–water partition coefficient (Wildman–Crippen LogP) is 1.71. The first kappa shape index (κ1) is 19.9. The Bertz CT molecular complexity index is 1160. The molecule has 2 aromatic heterocycles. The van der Waals surface area contributed by atoms with Crippen LogP contribution >= 0.6 is 0 Å². The molecule has 0 bridgehead atoms. The van der Waals surface area contributed by atoms with Crippen LogP contribution in [0.2, 0.25) is 0 Å². The lowest BCUT2D eigenvalue weighted by molar-refractivity contribution is 0.0696. The number of H-pyrrole nitrogens is 1. The third kappa shape index (κ3) is 4.18. The Morgan fingerprint density at radius 2 is 2.10 bits per heavy atom. The summed E-state index contributed by atoms with van der Waals surface area (Å²) in [5.41, 5.74) is 6.81. The van der Waals surface area contributed by atoms with Gasteiger partial charge in [-0.25, -0.2) is 4.79 Å². The molecule has 3 aromatic rings. The molecule has 1 unspecified atom stereocenters. The number of carboxylic acid groups (broad SMARTS) is 1. The van der Waals surface area contributed by atoms with Gasteiger partial charge in [0.15, 0.2) is 0 Å². The highest BCUT2D eigenvalue weighted by molar-refractivity contribution is 6.06. The fraction of sp³-hybridized carbons (Fsp3) is 0.200. The van der Waals surface area contributed by atoms with Crippen LogP contribution in [0.25, 0.3) is 10.9 Å². The van der Waals surface area contributed by atoms with Crippen molar-refractivity contribution in [1.29, 1.82) is 0 Å². The van der Waals surface area contributed by atoms with Gasteiger partial charge in [0.05, 0.1) is 28.3 Å². The van der Waals surface area contributed by atoms with Gasteiger partial charge in [-0.15, -0.1) is 0 Å². The van der Waals surface area contributed by atoms with Crippen molar-refractivity contribution in [2.24, 2.45) is 0 Å². The topological polar surface area (TPSA) is 147 Å². The number of benzene rings is 1. The highest BCUT2D eigenvalue weighted by atomic mass is 16.5. The zero-order valence-corrected chi connectivity index (χ0v) is 15.9. The predicted molar refractivity (Wildman–Crippen MR) is 107 cm³/mol. The third-order valence-corrected chi connectivity index (χ3v) is 4.31. The van der Waals surface area contributed by atoms with Crippen molar-refractivity contribution >= 4 is 28.5 Å². The lowest BCUT2D eigenvalue weighted by Gasteiger charge is -2.17. The summed E-state index contributed by atoms with van der Waals surface area (Å²) in [6.07, 6.45) is 1.40. The van der Waals surface area contributed by atoms with Crippen molar-refractivity contribution in [3.05, 3.63) is 63.7 Å². The Labute approximate surface area is 165 Å². The Hall–Kier alpha value is -3.88. The van der Waals surface area contributed by atoms with Crippen LogP contribution in [-0.4, -0.2) is 39.6 Å². The van der Waals surface area contributed by atoms with Gasteiger partial charge < -0.3 is 25.9 Å². The minimum atomic E-state index is -1.16. The van der Waals surface area contributed by atoms with Crippen LogP contribution in [0.15, 0.2) is 41.3 Å². The largest absolute Gasteiger partial charge is 0.491 e. The third-order valence-electron chi connectivity index (χ3n) is 4.31. The Kier molecular flexibility index (Phi) is 5.49. The maximum Gasteiger partial charge on any atom is 0.339 e. The van der Waals surface area contributed by atoms with Gasteiger partial charge in [0.25, 0.3) is 5.91 Å². The molecule has 3 rings (SSSR count). The molecule has 0 saturated heterocycles. The van der Waals surface area contributed by atoms with E-state index < -0.39 is 17.9 Å². The summed E-state index contributed by atoms with van der Waals surface area (Å²) in [4.78, 5) is 41.8. The number of nitrogen functional groups attached to an aromatic ring is 1. The van der Waals surface area contributed by atoms with E-state index in [1.54, 1.807) is 32.0 Å². The van der Waals surface area contributed by atoms with Crippen LogP contribution in [0.4, 0.5) is 5.69 Å². The monoisotopic (exact) mass is 396 g/mol. The van der Waals surface area contributed by atoms with Gasteiger partial charge in [0.1, 0.15) is 17.9 Å². The average molecular weight is 396 g/mol. The van der Waals surface area contributed by atoms with E-state index in [0.717, 1.165) is 0 Å². The number of hydrogen-bond acceptors (Lipinski definition) is 6. The average Bonchev–Trinajstić information content (AvgIpc) is 2.65. The number of nitrogens with zero attached hydrogens (tertiary/aromatic N) is 1. The molecule has 1 aromatic carbocycles. The number of nitrogens with two attached hydrogens (primary N) is 1. The summed E-state index contributed by atoms with van der Waals surface area (Å²) in [7, 11) is 0. The lowest BCUT2D eigenvalue weighted by Crippen LogP contribution is -2.37. The second-order valence-electron chi connectivity index (χ2n) is 6.57. The Morgan fingerprint density at radius 3 is 2.79 bits per heavy atom. The van der Waals surface area contributed by atoms with E-state index in [9.17, 15) is 19.5 Å². The molecule has 5 N–H and O–H groups in total. The molecule has 9 heteroatoms. The number of aromatic carboxylic acids is 1. The molecule has 0 fully saturated rings. The van der Waals surface area contributed by atoms with Crippen LogP contribution in [0, 0.1) is 6.92 Å². The summed E-state index contributed by atoms with van der Waals surface area (Å²) in [6.45, 7) is 3.42. The minimum absolute atomic E-state index is 0.0656. The summed E-state index contributed by atoms with van der Waals surface area (Å²) >= 11 is 0. The molecular weight excluding hydrogens is 376 g/mol. The SMILES string of the molecule is Cc1nc2cccc(OCC(C)NC(=O)c3cc[nH]c(=O)c3)c2c(N)c1C(=O)O. The number of amides is 1. The van der Waals surface area contributed by atoms with Crippen LogP contribution in [0.5, 0.6) is 5.75 Å². The van der Waals surface area contributed by atoms with Crippen LogP contribution in [0.1, 0.15) is 33.3 Å². The van der Waals surface area contributed by atoms with Gasteiger partial charge in [-0.1, -0.05) is 6.07 Å². The first-order chi connectivity index (χ1) is 13.8. The molecule has 0 saturated carbocycles. The summed E-state index contributed by atoms with van der Waals surface area (Å²) in [5.74, 6) is -1.20. The number of anilines is 1. The second kappa shape index (κ2) is 8.01. The van der Waals surface area contributed by atoms with E-state index in [1.165, 1.54) is 18.3 Å². The van der Waals surface area contributed by atoms with Gasteiger partial charge in [0.2, 0.25) is 5.56 Å². The van der Waals surface area contributed by atoms with E-state index in [4.69, 9.17) is 10.5 Å². The summed E-state index contributed by atoms with van der Waals surface area (Å²) in [5, 5.41) is 12.6. The number of hydrogen-bond donors (Lipinski definition) is 4. The van der Waals surface area contributed by atoms with Crippen LogP contribution in [-0.2, 0) is 0 Å². The Morgan fingerprint density at radius 1 is 1.34 bits per heavy atom. The van der Waals surface area contributed by atoms with E-state index >= 15 is 0 Å². The molecule has 0 aliphatic rings. The van der Waals surface area contributed by atoms with E-state index in [2.05, 4.69) is 15.3 Å². The number of carbonyl (C=O) groups is 2. The number of fused-ring (bicyclic) bond motifs is 1. The van der Waals surface area contributed by atoms with Crippen LogP contribution < -0.4 is 21.3 Å². The fourth-order valence-electron chi connectivity index (χ4n) is 2.98. The molecule has 0 aliphatic heterocycles. The molecule has 1 atom stereocenters. The van der Waals surface area contributed by atoms with Crippen molar-refractivity contribution in [2.45, 2.75) is 19.9 Å². The number of carbonyl (C=O) groups excluding carboxylic acids is 1. The van der Waals surface area contributed by atoms with Gasteiger partial charge >= 0.3 is 5.97 Å². The number of nitrogens with one attached hydrogen (secondary N) is 2. The van der Waals surface area contributed by atoms with Crippen molar-refractivity contribution in [3.63, 3.8) is 0 Å². The molecule has 1 amide bonds. The molecule has 0 radical (unpaired) electrons. The summed E-state index contributed by atoms with van der Waals surface area (Å²) < 4.78 is 5.80. The number of rotatable bonds is 6. The lowest BCUT2D eigenvalue weighted by atomic mass is 10.1. The fourth-order valence-corrected chi connectivity index (χ4v) is 2.98. The maximum atomic E-state index is 12.2. The molecule has 29 heavy (non-hydrogen) atoms. The first-order valence-corrected chi connectivity index (χ1v) is 8.82. The van der Waals surface area contributed by atoms with Gasteiger partial charge in [-0.05, 0) is 32.0 Å². The number of pyridine rings is 2. The Balaban J connectivity index is 1.80. The molecule has 0 spiro atoms. The normalized spacial score (nSPS) is 11.8. The first-order valence-electron chi connectivity index (χ1n) is 8.82. The van der Waals surface area contributed by atoms with Crippen LogP contribution in [0.3, 0.4) is 0 Å². The smallest absolute Gasteiger partial charge is 0.339 e. The van der Waals surface area contributed by atoms with E-state index in [1.807, 2.05) is 0 Å². The second-order valence-corrected chi connectivity index (χ2v) is 6.57. The number of aromatic nitrogens is 2. The standard InChI is InChI=1S/C20H20N4O5/c1-10(23-19(26)12-6-7-22-15(25)8-12)9-29-14-5-3-4-13-17(14)18(21)16(20(27)28)11(2)24-13/h3-8,10H,9H2,1-2H3,(H2,21,24)(H,22,25)(H,23,26)(H,27,28). The summed E-state index contributed by atoms with van der Waals surface area (Å²) in [6, 6.07) is 7.41. The number of carboxylic acids is 1. The number of aryl methyl sites for hydroxylation is 1. The molecule has 150 valence electrons. The van der Waals surface area contributed by atoms with E-state index in [0.29, 0.717) is 22.3 Å². The molecule has 9 nitrogen and oxygen atoms in total. The van der Waals surface area contributed by atoms with Crippen molar-refractivity contribution < 1.29 is 19.4 Å². The van der Waals surface area contributed by atoms with Gasteiger partial charge in [-0.3, -0.25) is 14.6 Å². The molecule has 2 heterocycles. The van der Waals surface area contributed by atoms with Crippen molar-refractivity contribution in [1.82, 2.24) is 15.3 Å². The zero-order valence-electron chi connectivity index (χ0n) is 15.9.